The molecule has 1 aromatic carbocycles. The van der Waals surface area contributed by atoms with Gasteiger partial charge in [0.2, 0.25) is 0 Å². The van der Waals surface area contributed by atoms with Gasteiger partial charge in [0.15, 0.2) is 0 Å². The molecule has 1 fully saturated rings. The third-order valence-electron chi connectivity index (χ3n) is 3.57. The Balaban J connectivity index is 1.51. The molecule has 1 aliphatic rings. The lowest BCUT2D eigenvalue weighted by atomic mass is 10.2. The molecule has 100 valence electrons. The van der Waals surface area contributed by atoms with Crippen molar-refractivity contribution in [1.29, 1.82) is 0 Å². The van der Waals surface area contributed by atoms with E-state index in [2.05, 4.69) is 34.7 Å². The second-order valence-electron chi connectivity index (χ2n) is 4.98. The fraction of sp³-hybridized carbons (Fsp3) is 0.400. The standard InChI is InChI=1S/C15H19N3O/c1-2-4-15(3-1)19-17-11-13-5-7-14(8-6-13)18-10-9-16-12-18/h5-10,12,15,17H,1-4,11H2. The Kier molecular flexibility index (Phi) is 3.91. The Bertz CT molecular complexity index is 487. The van der Waals surface area contributed by atoms with Crippen LogP contribution in [-0.4, -0.2) is 15.7 Å². The molecule has 1 aliphatic carbocycles. The third-order valence-corrected chi connectivity index (χ3v) is 3.57. The van der Waals surface area contributed by atoms with E-state index in [0.29, 0.717) is 6.10 Å². The minimum atomic E-state index is 0.408. The highest BCUT2D eigenvalue weighted by Gasteiger charge is 2.15. The van der Waals surface area contributed by atoms with Gasteiger partial charge in [0.1, 0.15) is 0 Å². The first-order chi connectivity index (χ1) is 9.42. The second kappa shape index (κ2) is 5.99. The van der Waals surface area contributed by atoms with Crippen LogP contribution in [0.2, 0.25) is 0 Å². The summed E-state index contributed by atoms with van der Waals surface area (Å²) in [7, 11) is 0. The van der Waals surface area contributed by atoms with Crippen molar-refractivity contribution >= 4 is 0 Å². The van der Waals surface area contributed by atoms with Crippen LogP contribution < -0.4 is 5.48 Å². The van der Waals surface area contributed by atoms with Crippen molar-refractivity contribution in [2.75, 3.05) is 0 Å². The minimum Gasteiger partial charge on any atom is -0.306 e. The molecule has 1 saturated carbocycles. The largest absolute Gasteiger partial charge is 0.306 e. The Labute approximate surface area is 113 Å². The molecular formula is C15H19N3O. The molecule has 0 amide bonds. The van der Waals surface area contributed by atoms with E-state index in [1.807, 2.05) is 10.8 Å². The molecule has 1 N–H and O–H groups in total. The van der Waals surface area contributed by atoms with E-state index in [1.165, 1.54) is 31.2 Å². The normalized spacial score (nSPS) is 16.0. The number of benzene rings is 1. The van der Waals surface area contributed by atoms with Crippen molar-refractivity contribution in [3.05, 3.63) is 48.5 Å². The molecule has 0 bridgehead atoms. The lowest BCUT2D eigenvalue weighted by molar-refractivity contribution is -0.0244. The van der Waals surface area contributed by atoms with Crippen LogP contribution in [0.1, 0.15) is 31.2 Å². The first-order valence-corrected chi connectivity index (χ1v) is 6.87. The van der Waals surface area contributed by atoms with E-state index in [0.717, 1.165) is 12.2 Å². The van der Waals surface area contributed by atoms with Crippen LogP contribution in [0, 0.1) is 0 Å². The maximum Gasteiger partial charge on any atom is 0.0991 e. The van der Waals surface area contributed by atoms with Gasteiger partial charge in [0, 0.05) is 24.6 Å². The first kappa shape index (κ1) is 12.4. The van der Waals surface area contributed by atoms with Crippen molar-refractivity contribution in [3.63, 3.8) is 0 Å². The zero-order valence-electron chi connectivity index (χ0n) is 11.0. The molecule has 0 atom stereocenters. The number of imidazole rings is 1. The molecular weight excluding hydrogens is 238 g/mol. The Morgan fingerprint density at radius 1 is 1.21 bits per heavy atom. The van der Waals surface area contributed by atoms with Gasteiger partial charge in [-0.05, 0) is 30.5 Å². The van der Waals surface area contributed by atoms with Gasteiger partial charge in [-0.2, -0.15) is 5.48 Å². The molecule has 3 rings (SSSR count). The molecule has 4 nitrogen and oxygen atoms in total. The first-order valence-electron chi connectivity index (χ1n) is 6.87. The van der Waals surface area contributed by atoms with Crippen molar-refractivity contribution in [2.45, 2.75) is 38.3 Å². The van der Waals surface area contributed by atoms with Crippen molar-refractivity contribution in [2.24, 2.45) is 0 Å². The minimum absolute atomic E-state index is 0.408. The smallest absolute Gasteiger partial charge is 0.0991 e. The maximum absolute atomic E-state index is 5.64. The number of nitrogens with one attached hydrogen (secondary N) is 1. The highest BCUT2D eigenvalue weighted by molar-refractivity contribution is 5.34. The summed E-state index contributed by atoms with van der Waals surface area (Å²) in [4.78, 5) is 9.69. The SMILES string of the molecule is c1cn(-c2ccc(CNOC3CCCC3)cc2)cn1. The van der Waals surface area contributed by atoms with E-state index in [1.54, 1.807) is 12.5 Å². The zero-order chi connectivity index (χ0) is 12.9. The molecule has 19 heavy (non-hydrogen) atoms. The lowest BCUT2D eigenvalue weighted by Crippen LogP contribution is -2.21. The van der Waals surface area contributed by atoms with Crippen LogP contribution in [-0.2, 0) is 11.4 Å². The summed E-state index contributed by atoms with van der Waals surface area (Å²) < 4.78 is 1.99. The number of aromatic nitrogens is 2. The number of hydroxylamine groups is 1. The highest BCUT2D eigenvalue weighted by Crippen LogP contribution is 2.20. The molecule has 1 heterocycles. The molecule has 0 aliphatic heterocycles. The predicted octanol–water partition coefficient (Wildman–Crippen LogP) is 2.84. The molecule has 0 saturated heterocycles. The third kappa shape index (κ3) is 3.22. The summed E-state index contributed by atoms with van der Waals surface area (Å²) in [6.45, 7) is 0.751. The Morgan fingerprint density at radius 3 is 2.68 bits per heavy atom. The van der Waals surface area contributed by atoms with Crippen LogP contribution in [0.15, 0.2) is 43.0 Å². The van der Waals surface area contributed by atoms with Crippen LogP contribution in [0.3, 0.4) is 0 Å². The molecule has 2 aromatic rings. The van der Waals surface area contributed by atoms with Crippen LogP contribution in [0.5, 0.6) is 0 Å². The average Bonchev–Trinajstić information content (AvgIpc) is 3.13. The van der Waals surface area contributed by atoms with Gasteiger partial charge in [0.25, 0.3) is 0 Å². The number of rotatable bonds is 5. The summed E-state index contributed by atoms with van der Waals surface area (Å²) in [5.74, 6) is 0. The van der Waals surface area contributed by atoms with Gasteiger partial charge in [0.05, 0.1) is 12.4 Å². The van der Waals surface area contributed by atoms with Gasteiger partial charge < -0.3 is 4.57 Å². The number of hydrogen-bond donors (Lipinski definition) is 1. The quantitative estimate of drug-likeness (QED) is 0.837. The van der Waals surface area contributed by atoms with Gasteiger partial charge in [-0.1, -0.05) is 25.0 Å². The summed E-state index contributed by atoms with van der Waals surface area (Å²) in [5, 5.41) is 0. The van der Waals surface area contributed by atoms with E-state index in [4.69, 9.17) is 4.84 Å². The zero-order valence-corrected chi connectivity index (χ0v) is 11.0. The molecule has 4 heteroatoms. The summed E-state index contributed by atoms with van der Waals surface area (Å²) >= 11 is 0. The van der Waals surface area contributed by atoms with Crippen LogP contribution >= 0.6 is 0 Å². The van der Waals surface area contributed by atoms with Gasteiger partial charge in [-0.15, -0.1) is 0 Å². The lowest BCUT2D eigenvalue weighted by Gasteiger charge is -2.12. The number of nitrogens with zero attached hydrogens (tertiary/aromatic N) is 2. The van der Waals surface area contributed by atoms with E-state index in [-0.39, 0.29) is 0 Å². The van der Waals surface area contributed by atoms with Crippen LogP contribution in [0.4, 0.5) is 0 Å². The fourth-order valence-electron chi connectivity index (χ4n) is 2.45. The molecule has 0 unspecified atom stereocenters. The Hall–Kier alpha value is -1.65. The van der Waals surface area contributed by atoms with Gasteiger partial charge in [-0.25, -0.2) is 4.98 Å². The number of hydrogen-bond acceptors (Lipinski definition) is 3. The summed E-state index contributed by atoms with van der Waals surface area (Å²) in [6.07, 6.45) is 10.9. The van der Waals surface area contributed by atoms with E-state index < -0.39 is 0 Å². The van der Waals surface area contributed by atoms with Gasteiger partial charge in [-0.3, -0.25) is 4.84 Å². The van der Waals surface area contributed by atoms with Crippen molar-refractivity contribution in [3.8, 4) is 5.69 Å². The predicted molar refractivity (Wildman–Crippen MR) is 73.7 cm³/mol. The average molecular weight is 257 g/mol. The summed E-state index contributed by atoms with van der Waals surface area (Å²) in [6, 6.07) is 8.41. The molecule has 0 spiro atoms. The van der Waals surface area contributed by atoms with Crippen molar-refractivity contribution in [1.82, 2.24) is 15.0 Å². The van der Waals surface area contributed by atoms with Crippen molar-refractivity contribution < 1.29 is 4.84 Å². The summed E-state index contributed by atoms with van der Waals surface area (Å²) in [5.41, 5.74) is 5.43. The fourth-order valence-corrected chi connectivity index (χ4v) is 2.45. The monoisotopic (exact) mass is 257 g/mol. The Morgan fingerprint density at radius 2 is 2.00 bits per heavy atom. The van der Waals surface area contributed by atoms with Crippen LogP contribution in [0.25, 0.3) is 5.69 Å². The molecule has 0 radical (unpaired) electrons. The highest BCUT2D eigenvalue weighted by atomic mass is 16.7. The maximum atomic E-state index is 5.64. The second-order valence-corrected chi connectivity index (χ2v) is 4.98. The van der Waals surface area contributed by atoms with E-state index >= 15 is 0 Å². The van der Waals surface area contributed by atoms with E-state index in [9.17, 15) is 0 Å². The van der Waals surface area contributed by atoms with Gasteiger partial charge >= 0.3 is 0 Å². The molecule has 1 aromatic heterocycles. The topological polar surface area (TPSA) is 39.1 Å².